The molecule has 1 N–H and O–H groups in total. The van der Waals surface area contributed by atoms with Crippen LogP contribution in [0.5, 0.6) is 0 Å². The number of hydrogen-bond acceptors (Lipinski definition) is 3. The molecule has 0 unspecified atom stereocenters. The van der Waals surface area contributed by atoms with Crippen LogP contribution in [0, 0.1) is 0 Å². The minimum atomic E-state index is -0.899. The van der Waals surface area contributed by atoms with Crippen molar-refractivity contribution in [1.29, 1.82) is 0 Å². The zero-order valence-electron chi connectivity index (χ0n) is 15.9. The molecular weight excluding hydrogens is 348 g/mol. The fourth-order valence-corrected chi connectivity index (χ4v) is 2.92. The summed E-state index contributed by atoms with van der Waals surface area (Å²) < 4.78 is 0. The molecule has 3 aromatic carbocycles. The maximum absolute atomic E-state index is 11.3. The number of carboxylic acid groups (broad SMARTS) is 1. The fraction of sp³-hybridized carbons (Fsp3) is 0.0833. The van der Waals surface area contributed by atoms with Gasteiger partial charge in [-0.2, -0.15) is 0 Å². The summed E-state index contributed by atoms with van der Waals surface area (Å²) in [5.74, 6) is -0.899. The Morgan fingerprint density at radius 3 is 2.11 bits per heavy atom. The lowest BCUT2D eigenvalue weighted by Crippen LogP contribution is -2.07. The molecule has 0 saturated carbocycles. The number of fused-ring (bicyclic) bond motifs is 1. The Morgan fingerprint density at radius 1 is 0.821 bits per heavy atom. The van der Waals surface area contributed by atoms with Crippen molar-refractivity contribution in [2.24, 2.45) is 0 Å². The number of anilines is 1. The smallest absolute Gasteiger partial charge is 0.336 e. The lowest BCUT2D eigenvalue weighted by atomic mass is 9.97. The average Bonchev–Trinajstić information content (AvgIpc) is 2.74. The van der Waals surface area contributed by atoms with Crippen molar-refractivity contribution in [3.63, 3.8) is 0 Å². The summed E-state index contributed by atoms with van der Waals surface area (Å²) in [5, 5.41) is 11.5. The molecule has 0 amide bonds. The van der Waals surface area contributed by atoms with Gasteiger partial charge in [-0.25, -0.2) is 4.79 Å². The molecule has 4 nitrogen and oxygen atoms in total. The number of pyridine rings is 1. The number of nitrogens with zero attached hydrogens (tertiary/aromatic N) is 2. The van der Waals surface area contributed by atoms with E-state index in [9.17, 15) is 9.90 Å². The Kier molecular flexibility index (Phi) is 6.02. The van der Waals surface area contributed by atoms with Crippen molar-refractivity contribution in [2.75, 3.05) is 19.0 Å². The number of rotatable bonds is 3. The first-order chi connectivity index (χ1) is 13.6. The largest absolute Gasteiger partial charge is 0.478 e. The molecule has 1 aromatic heterocycles. The summed E-state index contributed by atoms with van der Waals surface area (Å²) in [6.07, 6.45) is 3.57. The standard InChI is InChI=1S/C17H12O2.C7H10N2/c18-17(19)16-8-4-3-7-15(16)14-10-9-12-5-1-2-6-13(12)11-14;1-9(2)7-3-5-8-6-4-7/h1-11H,(H,18,19);3-6H,1-2H3. The van der Waals surface area contributed by atoms with E-state index < -0.39 is 5.97 Å². The van der Waals surface area contributed by atoms with E-state index in [1.165, 1.54) is 5.69 Å². The molecule has 4 rings (SSSR count). The fourth-order valence-electron chi connectivity index (χ4n) is 2.92. The van der Waals surface area contributed by atoms with Crippen molar-refractivity contribution in [1.82, 2.24) is 4.98 Å². The van der Waals surface area contributed by atoms with Crippen LogP contribution < -0.4 is 4.90 Å². The van der Waals surface area contributed by atoms with Crippen molar-refractivity contribution in [3.8, 4) is 11.1 Å². The van der Waals surface area contributed by atoms with E-state index in [1.54, 1.807) is 24.5 Å². The van der Waals surface area contributed by atoms with E-state index in [2.05, 4.69) is 4.98 Å². The van der Waals surface area contributed by atoms with Gasteiger partial charge in [0.15, 0.2) is 0 Å². The normalized spacial score (nSPS) is 10.1. The lowest BCUT2D eigenvalue weighted by molar-refractivity contribution is 0.0697. The molecular formula is C24H22N2O2. The Morgan fingerprint density at radius 2 is 1.46 bits per heavy atom. The zero-order valence-corrected chi connectivity index (χ0v) is 15.9. The molecule has 0 aliphatic carbocycles. The summed E-state index contributed by atoms with van der Waals surface area (Å²) in [6, 6.07) is 25.1. The first kappa shape index (κ1) is 19.1. The Balaban J connectivity index is 0.000000211. The molecule has 0 saturated heterocycles. The van der Waals surface area contributed by atoms with Crippen LogP contribution in [-0.4, -0.2) is 30.2 Å². The van der Waals surface area contributed by atoms with Crippen molar-refractivity contribution in [3.05, 3.63) is 96.8 Å². The van der Waals surface area contributed by atoms with Gasteiger partial charge in [0.25, 0.3) is 0 Å². The van der Waals surface area contributed by atoms with Gasteiger partial charge in [-0.15, -0.1) is 0 Å². The Bertz CT molecular complexity index is 1080. The van der Waals surface area contributed by atoms with Crippen LogP contribution in [0.15, 0.2) is 91.3 Å². The molecule has 1 heterocycles. The van der Waals surface area contributed by atoms with Gasteiger partial charge in [0.2, 0.25) is 0 Å². The highest BCUT2D eigenvalue weighted by atomic mass is 16.4. The van der Waals surface area contributed by atoms with Crippen LogP contribution >= 0.6 is 0 Å². The van der Waals surface area contributed by atoms with Crippen LogP contribution in [0.2, 0.25) is 0 Å². The number of aromatic nitrogens is 1. The lowest BCUT2D eigenvalue weighted by Gasteiger charge is -2.10. The quantitative estimate of drug-likeness (QED) is 0.528. The van der Waals surface area contributed by atoms with Gasteiger partial charge in [0.05, 0.1) is 5.56 Å². The number of aromatic carboxylic acids is 1. The first-order valence-electron chi connectivity index (χ1n) is 8.95. The molecule has 0 bridgehead atoms. The van der Waals surface area contributed by atoms with Gasteiger partial charge >= 0.3 is 5.97 Å². The van der Waals surface area contributed by atoms with E-state index in [4.69, 9.17) is 0 Å². The maximum Gasteiger partial charge on any atom is 0.336 e. The van der Waals surface area contributed by atoms with Gasteiger partial charge in [-0.05, 0) is 46.2 Å². The number of benzene rings is 3. The van der Waals surface area contributed by atoms with Crippen LogP contribution in [0.1, 0.15) is 10.4 Å². The minimum absolute atomic E-state index is 0.331. The number of hydrogen-bond donors (Lipinski definition) is 1. The molecule has 0 radical (unpaired) electrons. The van der Waals surface area contributed by atoms with E-state index in [-0.39, 0.29) is 0 Å². The molecule has 0 spiro atoms. The third-order valence-electron chi connectivity index (χ3n) is 4.40. The molecule has 0 atom stereocenters. The molecule has 0 aliphatic rings. The molecule has 140 valence electrons. The second kappa shape index (κ2) is 8.82. The van der Waals surface area contributed by atoms with Crippen molar-refractivity contribution < 1.29 is 9.90 Å². The van der Waals surface area contributed by atoms with Gasteiger partial charge in [-0.3, -0.25) is 4.98 Å². The highest BCUT2D eigenvalue weighted by Crippen LogP contribution is 2.27. The third-order valence-corrected chi connectivity index (χ3v) is 4.40. The first-order valence-corrected chi connectivity index (χ1v) is 8.95. The van der Waals surface area contributed by atoms with E-state index in [0.29, 0.717) is 5.56 Å². The highest BCUT2D eigenvalue weighted by Gasteiger charge is 2.10. The van der Waals surface area contributed by atoms with E-state index in [0.717, 1.165) is 21.9 Å². The molecule has 4 aromatic rings. The predicted octanol–water partition coefficient (Wildman–Crippen LogP) is 5.35. The van der Waals surface area contributed by atoms with Crippen LogP contribution in [0.25, 0.3) is 21.9 Å². The predicted molar refractivity (Wildman–Crippen MR) is 115 cm³/mol. The monoisotopic (exact) mass is 370 g/mol. The zero-order chi connectivity index (χ0) is 19.9. The maximum atomic E-state index is 11.3. The second-order valence-electron chi connectivity index (χ2n) is 6.51. The molecule has 4 heteroatoms. The highest BCUT2D eigenvalue weighted by molar-refractivity contribution is 5.97. The van der Waals surface area contributed by atoms with E-state index in [1.807, 2.05) is 85.7 Å². The van der Waals surface area contributed by atoms with E-state index >= 15 is 0 Å². The Hall–Kier alpha value is -3.66. The van der Waals surface area contributed by atoms with Crippen LogP contribution in [-0.2, 0) is 0 Å². The molecule has 28 heavy (non-hydrogen) atoms. The SMILES string of the molecule is CN(C)c1ccncc1.O=C(O)c1ccccc1-c1ccc2ccccc2c1. The number of carbonyl (C=O) groups is 1. The topological polar surface area (TPSA) is 53.4 Å². The minimum Gasteiger partial charge on any atom is -0.478 e. The number of carboxylic acids is 1. The molecule has 0 aliphatic heterocycles. The van der Waals surface area contributed by atoms with Crippen molar-refractivity contribution in [2.45, 2.75) is 0 Å². The summed E-state index contributed by atoms with van der Waals surface area (Å²) in [7, 11) is 4.02. The summed E-state index contributed by atoms with van der Waals surface area (Å²) >= 11 is 0. The summed E-state index contributed by atoms with van der Waals surface area (Å²) in [5.41, 5.74) is 3.19. The summed E-state index contributed by atoms with van der Waals surface area (Å²) in [4.78, 5) is 17.2. The van der Waals surface area contributed by atoms with Crippen LogP contribution in [0.4, 0.5) is 5.69 Å². The molecule has 0 fully saturated rings. The van der Waals surface area contributed by atoms with Gasteiger partial charge < -0.3 is 10.0 Å². The average molecular weight is 370 g/mol. The van der Waals surface area contributed by atoms with Gasteiger partial charge in [0.1, 0.15) is 0 Å². The van der Waals surface area contributed by atoms with Crippen molar-refractivity contribution >= 4 is 22.4 Å². The second-order valence-corrected chi connectivity index (χ2v) is 6.51. The summed E-state index contributed by atoms with van der Waals surface area (Å²) in [6.45, 7) is 0. The van der Waals surface area contributed by atoms with Gasteiger partial charge in [0, 0.05) is 32.2 Å². The third kappa shape index (κ3) is 4.54. The van der Waals surface area contributed by atoms with Gasteiger partial charge in [-0.1, -0.05) is 54.6 Å². The Labute approximate surface area is 164 Å². The van der Waals surface area contributed by atoms with Crippen LogP contribution in [0.3, 0.4) is 0 Å².